The number of hydrogen-bond acceptors (Lipinski definition) is 1. The molecule has 0 bridgehead atoms. The second kappa shape index (κ2) is 7.28. The Morgan fingerprint density at radius 3 is 1.86 bits per heavy atom. The summed E-state index contributed by atoms with van der Waals surface area (Å²) in [6.07, 6.45) is 8.37. The Bertz CT molecular complexity index is 124. The van der Waals surface area contributed by atoms with Gasteiger partial charge in [0, 0.05) is 5.54 Å². The predicted octanol–water partition coefficient (Wildman–Crippen LogP) is 4.08. The van der Waals surface area contributed by atoms with Crippen molar-refractivity contribution in [3.05, 3.63) is 0 Å². The molecule has 0 aromatic heterocycles. The summed E-state index contributed by atoms with van der Waals surface area (Å²) in [6.45, 7) is 10.4. The van der Waals surface area contributed by atoms with Gasteiger partial charge < -0.3 is 4.90 Å². The van der Waals surface area contributed by atoms with E-state index < -0.39 is 0 Å². The molecule has 1 nitrogen and oxygen atoms in total. The van der Waals surface area contributed by atoms with Gasteiger partial charge in [0.1, 0.15) is 0 Å². The minimum Gasteiger partial charge on any atom is -0.302 e. The van der Waals surface area contributed by atoms with Gasteiger partial charge in [-0.25, -0.2) is 0 Å². The van der Waals surface area contributed by atoms with E-state index in [-0.39, 0.29) is 0 Å². The maximum absolute atomic E-state index is 2.45. The summed E-state index contributed by atoms with van der Waals surface area (Å²) < 4.78 is 0. The molecule has 0 atom stereocenters. The van der Waals surface area contributed by atoms with Crippen LogP contribution in [0.3, 0.4) is 0 Å². The molecule has 14 heavy (non-hydrogen) atoms. The first-order chi connectivity index (χ1) is 6.48. The first-order valence-corrected chi connectivity index (χ1v) is 6.19. The summed E-state index contributed by atoms with van der Waals surface area (Å²) in [5.41, 5.74) is 0.337. The van der Waals surface area contributed by atoms with Crippen LogP contribution in [0.15, 0.2) is 0 Å². The molecule has 0 unspecified atom stereocenters. The van der Waals surface area contributed by atoms with Crippen molar-refractivity contribution in [1.29, 1.82) is 0 Å². The minimum atomic E-state index is 0.337. The fraction of sp³-hybridized carbons (Fsp3) is 1.00. The maximum Gasteiger partial charge on any atom is 0.0122 e. The molecule has 0 heterocycles. The third-order valence-corrected chi connectivity index (χ3v) is 2.99. The summed E-state index contributed by atoms with van der Waals surface area (Å²) in [5, 5.41) is 0. The van der Waals surface area contributed by atoms with E-state index in [4.69, 9.17) is 0 Å². The zero-order valence-corrected chi connectivity index (χ0v) is 10.9. The van der Waals surface area contributed by atoms with Gasteiger partial charge in [0.15, 0.2) is 0 Å². The average Bonchev–Trinajstić information content (AvgIpc) is 2.09. The van der Waals surface area contributed by atoms with E-state index in [0.29, 0.717) is 5.54 Å². The quantitative estimate of drug-likeness (QED) is 0.559. The second-order valence-corrected chi connectivity index (χ2v) is 5.36. The molecule has 0 aliphatic carbocycles. The molecular weight excluding hydrogens is 170 g/mol. The van der Waals surface area contributed by atoms with Gasteiger partial charge in [0.05, 0.1) is 0 Å². The Morgan fingerprint density at radius 1 is 0.857 bits per heavy atom. The van der Waals surface area contributed by atoms with Crippen LogP contribution in [0.5, 0.6) is 0 Å². The number of rotatable bonds is 7. The van der Waals surface area contributed by atoms with Crippen molar-refractivity contribution in [2.45, 2.75) is 71.8 Å². The van der Waals surface area contributed by atoms with Crippen molar-refractivity contribution >= 4 is 0 Å². The molecule has 86 valence electrons. The average molecular weight is 199 g/mol. The lowest BCUT2D eigenvalue weighted by molar-refractivity contribution is 0.172. The van der Waals surface area contributed by atoms with E-state index in [1.807, 2.05) is 0 Å². The fourth-order valence-corrected chi connectivity index (χ4v) is 1.46. The van der Waals surface area contributed by atoms with E-state index in [1.165, 1.54) is 45.1 Å². The van der Waals surface area contributed by atoms with Gasteiger partial charge in [-0.15, -0.1) is 0 Å². The van der Waals surface area contributed by atoms with Crippen LogP contribution in [0.25, 0.3) is 0 Å². The molecule has 0 aromatic carbocycles. The lowest BCUT2D eigenvalue weighted by atomic mass is 10.1. The first kappa shape index (κ1) is 14.0. The van der Waals surface area contributed by atoms with Gasteiger partial charge in [-0.1, -0.05) is 39.0 Å². The summed E-state index contributed by atoms with van der Waals surface area (Å²) in [7, 11) is 2.23. The highest BCUT2D eigenvalue weighted by Gasteiger charge is 2.15. The molecule has 0 N–H and O–H groups in total. The van der Waals surface area contributed by atoms with Gasteiger partial charge in [0.2, 0.25) is 0 Å². The number of unbranched alkanes of at least 4 members (excludes halogenated alkanes) is 5. The first-order valence-electron chi connectivity index (χ1n) is 6.19. The highest BCUT2D eigenvalue weighted by Crippen LogP contribution is 2.12. The summed E-state index contributed by atoms with van der Waals surface area (Å²) >= 11 is 0. The molecule has 0 aliphatic heterocycles. The van der Waals surface area contributed by atoms with Gasteiger partial charge in [0.25, 0.3) is 0 Å². The van der Waals surface area contributed by atoms with Gasteiger partial charge in [-0.05, 0) is 40.8 Å². The van der Waals surface area contributed by atoms with E-state index in [9.17, 15) is 0 Å². The molecule has 0 saturated carbocycles. The van der Waals surface area contributed by atoms with Crippen molar-refractivity contribution in [2.75, 3.05) is 13.6 Å². The van der Waals surface area contributed by atoms with Crippen molar-refractivity contribution in [3.63, 3.8) is 0 Å². The summed E-state index contributed by atoms with van der Waals surface area (Å²) in [4.78, 5) is 2.45. The van der Waals surface area contributed by atoms with E-state index >= 15 is 0 Å². The van der Waals surface area contributed by atoms with Crippen LogP contribution in [0, 0.1) is 0 Å². The largest absolute Gasteiger partial charge is 0.302 e. The van der Waals surface area contributed by atoms with Crippen LogP contribution in [-0.4, -0.2) is 24.0 Å². The standard InChI is InChI=1S/C13H29N/c1-6-7-8-9-10-11-12-14(5)13(2,3)4/h6-12H2,1-5H3. The van der Waals surface area contributed by atoms with Crippen LogP contribution in [0.2, 0.25) is 0 Å². The summed E-state index contributed by atoms with van der Waals surface area (Å²) in [6, 6.07) is 0. The lowest BCUT2D eigenvalue weighted by Gasteiger charge is -2.31. The Balaban J connectivity index is 3.28. The monoisotopic (exact) mass is 199 g/mol. The smallest absolute Gasteiger partial charge is 0.0122 e. The third-order valence-electron chi connectivity index (χ3n) is 2.99. The molecule has 0 amide bonds. The second-order valence-electron chi connectivity index (χ2n) is 5.36. The molecule has 0 saturated heterocycles. The third kappa shape index (κ3) is 7.37. The molecule has 0 aliphatic rings. The molecule has 0 spiro atoms. The molecule has 1 heteroatoms. The highest BCUT2D eigenvalue weighted by molar-refractivity contribution is 4.72. The predicted molar refractivity (Wildman–Crippen MR) is 65.8 cm³/mol. The van der Waals surface area contributed by atoms with Crippen molar-refractivity contribution in [3.8, 4) is 0 Å². The Kier molecular flexibility index (Phi) is 7.26. The SMILES string of the molecule is CCCCCCCCN(C)C(C)(C)C. The number of nitrogens with zero attached hydrogens (tertiary/aromatic N) is 1. The Labute approximate surface area is 90.9 Å². The zero-order valence-electron chi connectivity index (χ0n) is 10.9. The maximum atomic E-state index is 2.45. The minimum absolute atomic E-state index is 0.337. The molecule has 0 rings (SSSR count). The Morgan fingerprint density at radius 2 is 1.36 bits per heavy atom. The van der Waals surface area contributed by atoms with Crippen LogP contribution >= 0.6 is 0 Å². The van der Waals surface area contributed by atoms with Crippen LogP contribution in [0.4, 0.5) is 0 Å². The normalized spacial score (nSPS) is 12.4. The van der Waals surface area contributed by atoms with Crippen molar-refractivity contribution in [1.82, 2.24) is 4.90 Å². The van der Waals surface area contributed by atoms with Gasteiger partial charge in [-0.3, -0.25) is 0 Å². The topological polar surface area (TPSA) is 3.24 Å². The van der Waals surface area contributed by atoms with Crippen molar-refractivity contribution < 1.29 is 0 Å². The highest BCUT2D eigenvalue weighted by atomic mass is 15.1. The van der Waals surface area contributed by atoms with E-state index in [0.717, 1.165) is 0 Å². The molecule has 0 aromatic rings. The molecule has 0 fully saturated rings. The van der Waals surface area contributed by atoms with E-state index in [2.05, 4.69) is 39.6 Å². The molecule has 0 radical (unpaired) electrons. The van der Waals surface area contributed by atoms with Gasteiger partial charge >= 0.3 is 0 Å². The van der Waals surface area contributed by atoms with Crippen molar-refractivity contribution in [2.24, 2.45) is 0 Å². The fourth-order valence-electron chi connectivity index (χ4n) is 1.46. The molecular formula is C13H29N. The van der Waals surface area contributed by atoms with E-state index in [1.54, 1.807) is 0 Å². The Hall–Kier alpha value is -0.0400. The zero-order chi connectivity index (χ0) is 11.0. The summed E-state index contributed by atoms with van der Waals surface area (Å²) in [5.74, 6) is 0. The number of hydrogen-bond donors (Lipinski definition) is 0. The van der Waals surface area contributed by atoms with Crippen LogP contribution in [-0.2, 0) is 0 Å². The van der Waals surface area contributed by atoms with Gasteiger partial charge in [-0.2, -0.15) is 0 Å². The lowest BCUT2D eigenvalue weighted by Crippen LogP contribution is -2.38. The van der Waals surface area contributed by atoms with Crippen LogP contribution in [0.1, 0.15) is 66.2 Å². The van der Waals surface area contributed by atoms with Crippen LogP contribution < -0.4 is 0 Å².